The molecule has 1 rings (SSSR count). The summed E-state index contributed by atoms with van der Waals surface area (Å²) in [5.41, 5.74) is 1.13. The van der Waals surface area contributed by atoms with Crippen LogP contribution in [0, 0.1) is 5.92 Å². The number of aryl methyl sites for hydroxylation is 1. The number of rotatable bonds is 6. The molecule has 1 N–H and O–H groups in total. The van der Waals surface area contributed by atoms with Crippen molar-refractivity contribution in [3.05, 3.63) is 18.0 Å². The third-order valence-electron chi connectivity index (χ3n) is 2.56. The van der Waals surface area contributed by atoms with E-state index in [2.05, 4.69) is 25.9 Å². The van der Waals surface area contributed by atoms with Crippen LogP contribution in [0.5, 0.6) is 0 Å². The maximum atomic E-state index is 9.80. The molecule has 0 amide bonds. The third-order valence-corrected chi connectivity index (χ3v) is 2.56. The molecule has 0 bridgehead atoms. The van der Waals surface area contributed by atoms with E-state index in [1.807, 2.05) is 17.1 Å². The Labute approximate surface area is 92.1 Å². The number of hydrogen-bond acceptors (Lipinski definition) is 2. The van der Waals surface area contributed by atoms with Gasteiger partial charge >= 0.3 is 0 Å². The van der Waals surface area contributed by atoms with Crippen molar-refractivity contribution >= 4 is 0 Å². The zero-order chi connectivity index (χ0) is 11.3. The maximum absolute atomic E-state index is 9.80. The lowest BCUT2D eigenvalue weighted by Gasteiger charge is -2.10. The molecule has 1 atom stereocenters. The van der Waals surface area contributed by atoms with E-state index < -0.39 is 0 Å². The van der Waals surface area contributed by atoms with Crippen LogP contribution in [0.2, 0.25) is 0 Å². The average molecular weight is 210 g/mol. The first-order chi connectivity index (χ1) is 7.11. The minimum Gasteiger partial charge on any atom is -0.393 e. The van der Waals surface area contributed by atoms with E-state index >= 15 is 0 Å². The van der Waals surface area contributed by atoms with Crippen LogP contribution in [0.1, 0.15) is 39.2 Å². The lowest BCUT2D eigenvalue weighted by Crippen LogP contribution is -2.11. The van der Waals surface area contributed by atoms with Gasteiger partial charge in [0, 0.05) is 19.2 Å². The van der Waals surface area contributed by atoms with E-state index in [0.29, 0.717) is 5.92 Å². The number of nitrogens with zero attached hydrogens (tertiary/aromatic N) is 2. The highest BCUT2D eigenvalue weighted by Crippen LogP contribution is 2.11. The fraction of sp³-hybridized carbons (Fsp3) is 0.750. The molecule has 0 aliphatic rings. The van der Waals surface area contributed by atoms with Gasteiger partial charge in [-0.3, -0.25) is 4.68 Å². The van der Waals surface area contributed by atoms with Crippen molar-refractivity contribution in [1.29, 1.82) is 0 Å². The Bertz CT molecular complexity index is 281. The van der Waals surface area contributed by atoms with Crippen LogP contribution >= 0.6 is 0 Å². The van der Waals surface area contributed by atoms with Crippen molar-refractivity contribution in [2.24, 2.45) is 5.92 Å². The van der Waals surface area contributed by atoms with Crippen molar-refractivity contribution < 1.29 is 5.11 Å². The SMILES string of the molecule is CCn1cc(CC(O)CCC(C)C)cn1. The topological polar surface area (TPSA) is 38.0 Å². The second kappa shape index (κ2) is 5.91. The van der Waals surface area contributed by atoms with Crippen LogP contribution in [-0.4, -0.2) is 21.0 Å². The Morgan fingerprint density at radius 2 is 2.13 bits per heavy atom. The van der Waals surface area contributed by atoms with Crippen LogP contribution in [-0.2, 0) is 13.0 Å². The smallest absolute Gasteiger partial charge is 0.0581 e. The second-order valence-corrected chi connectivity index (χ2v) is 4.53. The molecule has 1 unspecified atom stereocenters. The van der Waals surface area contributed by atoms with Crippen molar-refractivity contribution in [1.82, 2.24) is 9.78 Å². The first kappa shape index (κ1) is 12.2. The van der Waals surface area contributed by atoms with E-state index in [4.69, 9.17) is 0 Å². The summed E-state index contributed by atoms with van der Waals surface area (Å²) in [4.78, 5) is 0. The van der Waals surface area contributed by atoms with E-state index in [1.165, 1.54) is 0 Å². The summed E-state index contributed by atoms with van der Waals surface area (Å²) >= 11 is 0. The average Bonchev–Trinajstić information content (AvgIpc) is 2.62. The standard InChI is InChI=1S/C12H22N2O/c1-4-14-9-11(8-13-14)7-12(15)6-5-10(2)3/h8-10,12,15H,4-7H2,1-3H3. The fourth-order valence-electron chi connectivity index (χ4n) is 1.58. The van der Waals surface area contributed by atoms with Crippen LogP contribution in [0.4, 0.5) is 0 Å². The molecule has 3 heteroatoms. The summed E-state index contributed by atoms with van der Waals surface area (Å²) in [6.07, 6.45) is 6.34. The molecular weight excluding hydrogens is 188 g/mol. The first-order valence-electron chi connectivity index (χ1n) is 5.81. The van der Waals surface area contributed by atoms with Gasteiger partial charge in [-0.15, -0.1) is 0 Å². The molecule has 0 aliphatic carbocycles. The van der Waals surface area contributed by atoms with E-state index in [1.54, 1.807) is 0 Å². The van der Waals surface area contributed by atoms with Gasteiger partial charge in [-0.2, -0.15) is 5.10 Å². The van der Waals surface area contributed by atoms with Crippen molar-refractivity contribution in [3.63, 3.8) is 0 Å². The Balaban J connectivity index is 2.33. The minimum atomic E-state index is -0.220. The predicted octanol–water partition coefficient (Wildman–Crippen LogP) is 2.24. The number of aliphatic hydroxyl groups is 1. The molecule has 1 aromatic heterocycles. The van der Waals surface area contributed by atoms with Gasteiger partial charge in [-0.25, -0.2) is 0 Å². The molecule has 0 radical (unpaired) electrons. The van der Waals surface area contributed by atoms with Crippen LogP contribution in [0.15, 0.2) is 12.4 Å². The normalized spacial score (nSPS) is 13.4. The number of aliphatic hydroxyl groups excluding tert-OH is 1. The molecule has 1 aromatic rings. The Kier molecular flexibility index (Phi) is 4.82. The van der Waals surface area contributed by atoms with Gasteiger partial charge in [0.1, 0.15) is 0 Å². The van der Waals surface area contributed by atoms with Gasteiger partial charge in [0.2, 0.25) is 0 Å². The van der Waals surface area contributed by atoms with Crippen molar-refractivity contribution in [2.45, 2.75) is 52.7 Å². The lowest BCUT2D eigenvalue weighted by atomic mass is 10.0. The van der Waals surface area contributed by atoms with Crippen molar-refractivity contribution in [3.8, 4) is 0 Å². The summed E-state index contributed by atoms with van der Waals surface area (Å²) in [6, 6.07) is 0. The molecular formula is C12H22N2O. The lowest BCUT2D eigenvalue weighted by molar-refractivity contribution is 0.157. The minimum absolute atomic E-state index is 0.220. The molecule has 1 heterocycles. The van der Waals surface area contributed by atoms with Gasteiger partial charge in [-0.05, 0) is 31.2 Å². The predicted molar refractivity (Wildman–Crippen MR) is 61.7 cm³/mol. The second-order valence-electron chi connectivity index (χ2n) is 4.53. The van der Waals surface area contributed by atoms with E-state index in [9.17, 15) is 5.11 Å². The third kappa shape index (κ3) is 4.47. The largest absolute Gasteiger partial charge is 0.393 e. The molecule has 86 valence electrons. The fourth-order valence-corrected chi connectivity index (χ4v) is 1.58. The maximum Gasteiger partial charge on any atom is 0.0581 e. The number of hydrogen-bond donors (Lipinski definition) is 1. The van der Waals surface area contributed by atoms with Gasteiger partial charge in [0.05, 0.1) is 12.3 Å². The zero-order valence-corrected chi connectivity index (χ0v) is 9.98. The van der Waals surface area contributed by atoms with Crippen LogP contribution < -0.4 is 0 Å². The quantitative estimate of drug-likeness (QED) is 0.782. The summed E-state index contributed by atoms with van der Waals surface area (Å²) in [7, 11) is 0. The molecule has 15 heavy (non-hydrogen) atoms. The molecule has 0 saturated carbocycles. The summed E-state index contributed by atoms with van der Waals surface area (Å²) < 4.78 is 1.89. The van der Waals surface area contributed by atoms with Crippen molar-refractivity contribution in [2.75, 3.05) is 0 Å². The van der Waals surface area contributed by atoms with Gasteiger partial charge < -0.3 is 5.11 Å². The Hall–Kier alpha value is -0.830. The monoisotopic (exact) mass is 210 g/mol. The van der Waals surface area contributed by atoms with E-state index in [-0.39, 0.29) is 6.10 Å². The highest BCUT2D eigenvalue weighted by atomic mass is 16.3. The molecule has 0 aliphatic heterocycles. The Morgan fingerprint density at radius 3 is 2.67 bits per heavy atom. The first-order valence-corrected chi connectivity index (χ1v) is 5.81. The summed E-state index contributed by atoms with van der Waals surface area (Å²) in [5, 5.41) is 14.0. The summed E-state index contributed by atoms with van der Waals surface area (Å²) in [5.74, 6) is 0.665. The van der Waals surface area contributed by atoms with Crippen LogP contribution in [0.3, 0.4) is 0 Å². The Morgan fingerprint density at radius 1 is 1.40 bits per heavy atom. The van der Waals surface area contributed by atoms with E-state index in [0.717, 1.165) is 31.4 Å². The molecule has 0 fully saturated rings. The molecule has 0 spiro atoms. The van der Waals surface area contributed by atoms with Gasteiger partial charge in [-0.1, -0.05) is 13.8 Å². The zero-order valence-electron chi connectivity index (χ0n) is 9.98. The highest BCUT2D eigenvalue weighted by molar-refractivity contribution is 5.05. The molecule has 0 aromatic carbocycles. The summed E-state index contributed by atoms with van der Waals surface area (Å²) in [6.45, 7) is 7.32. The van der Waals surface area contributed by atoms with Gasteiger partial charge in [0.15, 0.2) is 0 Å². The highest BCUT2D eigenvalue weighted by Gasteiger charge is 2.08. The number of aromatic nitrogens is 2. The molecule has 3 nitrogen and oxygen atoms in total. The van der Waals surface area contributed by atoms with Crippen LogP contribution in [0.25, 0.3) is 0 Å². The van der Waals surface area contributed by atoms with Gasteiger partial charge in [0.25, 0.3) is 0 Å². The molecule has 0 saturated heterocycles.